The summed E-state index contributed by atoms with van der Waals surface area (Å²) in [6, 6.07) is 11.4. The summed E-state index contributed by atoms with van der Waals surface area (Å²) in [5.74, 6) is 1.23. The Hall–Kier alpha value is -3.37. The van der Waals surface area contributed by atoms with Crippen molar-refractivity contribution in [3.8, 4) is 17.2 Å². The summed E-state index contributed by atoms with van der Waals surface area (Å²) in [5.41, 5.74) is 0.950. The molecule has 2 aliphatic rings. The number of rotatable bonds is 5. The van der Waals surface area contributed by atoms with Crippen LogP contribution in [0, 0.1) is 10.1 Å². The van der Waals surface area contributed by atoms with Gasteiger partial charge < -0.3 is 9.47 Å². The van der Waals surface area contributed by atoms with Gasteiger partial charge in [-0.15, -0.1) is 0 Å². The van der Waals surface area contributed by atoms with Crippen LogP contribution in [0.25, 0.3) is 0 Å². The van der Waals surface area contributed by atoms with E-state index in [1.54, 1.807) is 43.6 Å². The van der Waals surface area contributed by atoms with Crippen LogP contribution in [-0.2, 0) is 0 Å². The quantitative estimate of drug-likeness (QED) is 0.603. The van der Waals surface area contributed by atoms with E-state index in [2.05, 4.69) is 9.98 Å². The van der Waals surface area contributed by atoms with Crippen LogP contribution in [0.5, 0.6) is 17.2 Å². The van der Waals surface area contributed by atoms with Crippen molar-refractivity contribution < 1.29 is 19.6 Å². The second kappa shape index (κ2) is 7.33. The van der Waals surface area contributed by atoms with E-state index in [0.29, 0.717) is 27.8 Å². The minimum absolute atomic E-state index is 0.117. The number of hydrogen-bond acceptors (Lipinski definition) is 9. The lowest BCUT2D eigenvalue weighted by Crippen LogP contribution is -2.29. The fourth-order valence-corrected chi connectivity index (χ4v) is 3.70. The van der Waals surface area contributed by atoms with Crippen LogP contribution in [0.1, 0.15) is 5.56 Å². The molecule has 0 radical (unpaired) electrons. The number of nitro groups is 1. The maximum absolute atomic E-state index is 11.6. The minimum atomic E-state index is -0.504. The number of methoxy groups -OCH3 is 1. The average Bonchev–Trinajstić information content (AvgIpc) is 3.14. The number of nitrogens with zero attached hydrogens (tertiary/aromatic N) is 4. The molecule has 0 amide bonds. The molecule has 1 unspecified atom stereocenters. The molecule has 0 fully saturated rings. The minimum Gasteiger partial charge on any atom is -0.497 e. The van der Waals surface area contributed by atoms with E-state index in [9.17, 15) is 15.3 Å². The van der Waals surface area contributed by atoms with Crippen molar-refractivity contribution >= 4 is 28.8 Å². The Kier molecular flexibility index (Phi) is 4.72. The van der Waals surface area contributed by atoms with Crippen molar-refractivity contribution in [3.63, 3.8) is 0 Å². The largest absolute Gasteiger partial charge is 0.497 e. The smallest absolute Gasteiger partial charge is 0.312 e. The highest BCUT2D eigenvalue weighted by Gasteiger charge is 2.32. The Balaban J connectivity index is 1.62. The van der Waals surface area contributed by atoms with E-state index < -0.39 is 10.3 Å². The number of hydroxylamine groups is 2. The number of thioether (sulfide) groups is 1. The normalized spacial score (nSPS) is 17.6. The van der Waals surface area contributed by atoms with Crippen LogP contribution in [0.4, 0.5) is 5.69 Å². The summed E-state index contributed by atoms with van der Waals surface area (Å²) in [7, 11) is 1.55. The summed E-state index contributed by atoms with van der Waals surface area (Å²) in [5, 5.41) is 22.5. The second-order valence-corrected chi connectivity index (χ2v) is 6.87. The fourth-order valence-electron chi connectivity index (χ4n) is 2.67. The van der Waals surface area contributed by atoms with E-state index in [-0.39, 0.29) is 11.4 Å². The van der Waals surface area contributed by atoms with Gasteiger partial charge in [0.05, 0.1) is 23.9 Å². The van der Waals surface area contributed by atoms with Crippen LogP contribution < -0.4 is 9.47 Å². The molecule has 0 spiro atoms. The van der Waals surface area contributed by atoms with Gasteiger partial charge in [0.2, 0.25) is 5.75 Å². The van der Waals surface area contributed by atoms with Crippen LogP contribution in [0.3, 0.4) is 0 Å². The highest BCUT2D eigenvalue weighted by molar-refractivity contribution is 8.15. The molecular weight excluding hydrogens is 384 g/mol. The van der Waals surface area contributed by atoms with Crippen LogP contribution in [-0.4, -0.2) is 39.1 Å². The number of nitro benzene ring substituents is 1. The molecule has 0 saturated carbocycles. The third-order valence-corrected chi connectivity index (χ3v) is 5.26. The van der Waals surface area contributed by atoms with Crippen molar-refractivity contribution in [2.24, 2.45) is 9.98 Å². The molecule has 0 aromatic heterocycles. The van der Waals surface area contributed by atoms with Gasteiger partial charge in [0.15, 0.2) is 5.37 Å². The van der Waals surface area contributed by atoms with Gasteiger partial charge in [-0.25, -0.2) is 15.0 Å². The SMILES string of the molecule is COc1ccc(Oc2ccc(C3=NC4=CN=CN(O)C4S3)cc2[N+](=O)[O-])cc1. The van der Waals surface area contributed by atoms with Crippen molar-refractivity contribution in [2.75, 3.05) is 7.11 Å². The molecule has 0 bridgehead atoms. The molecule has 1 N–H and O–H groups in total. The molecule has 9 nitrogen and oxygen atoms in total. The Bertz CT molecular complexity index is 1020. The van der Waals surface area contributed by atoms with Gasteiger partial charge in [0.25, 0.3) is 0 Å². The van der Waals surface area contributed by atoms with Crippen LogP contribution in [0.15, 0.2) is 64.3 Å². The molecule has 2 aromatic carbocycles. The van der Waals surface area contributed by atoms with Gasteiger partial charge in [0.1, 0.15) is 22.9 Å². The molecule has 1 atom stereocenters. The zero-order chi connectivity index (χ0) is 19.7. The fraction of sp³-hybridized carbons (Fsp3) is 0.111. The van der Waals surface area contributed by atoms with Gasteiger partial charge in [0, 0.05) is 11.6 Å². The molecule has 142 valence electrons. The lowest BCUT2D eigenvalue weighted by atomic mass is 10.2. The molecular formula is C18H14N4O5S. The summed E-state index contributed by atoms with van der Waals surface area (Å²) >= 11 is 1.28. The zero-order valence-corrected chi connectivity index (χ0v) is 15.4. The van der Waals surface area contributed by atoms with E-state index in [0.717, 1.165) is 5.06 Å². The van der Waals surface area contributed by atoms with Crippen LogP contribution in [0.2, 0.25) is 0 Å². The Labute approximate surface area is 163 Å². The first-order valence-electron chi connectivity index (χ1n) is 8.12. The first-order valence-corrected chi connectivity index (χ1v) is 9.00. The van der Waals surface area contributed by atoms with Crippen LogP contribution >= 0.6 is 11.8 Å². The molecule has 10 heteroatoms. The maximum atomic E-state index is 11.6. The molecule has 2 aliphatic heterocycles. The third-order valence-electron chi connectivity index (χ3n) is 4.03. The first kappa shape index (κ1) is 18.0. The second-order valence-electron chi connectivity index (χ2n) is 5.80. The zero-order valence-electron chi connectivity index (χ0n) is 14.6. The number of aliphatic imine (C=N–C) groups is 2. The Morgan fingerprint density at radius 3 is 2.64 bits per heavy atom. The topological polar surface area (TPSA) is 110 Å². The van der Waals surface area contributed by atoms with Crippen molar-refractivity contribution in [2.45, 2.75) is 5.37 Å². The van der Waals surface area contributed by atoms with E-state index >= 15 is 0 Å². The average molecular weight is 398 g/mol. The first-order chi connectivity index (χ1) is 13.5. The van der Waals surface area contributed by atoms with Gasteiger partial charge in [-0.2, -0.15) is 0 Å². The van der Waals surface area contributed by atoms with Crippen molar-refractivity contribution in [3.05, 3.63) is 70.0 Å². The van der Waals surface area contributed by atoms with E-state index in [1.165, 1.54) is 30.2 Å². The highest BCUT2D eigenvalue weighted by Crippen LogP contribution is 2.39. The lowest BCUT2D eigenvalue weighted by Gasteiger charge is -2.20. The highest BCUT2D eigenvalue weighted by atomic mass is 32.2. The van der Waals surface area contributed by atoms with Gasteiger partial charge >= 0.3 is 5.69 Å². The molecule has 28 heavy (non-hydrogen) atoms. The van der Waals surface area contributed by atoms with Gasteiger partial charge in [-0.1, -0.05) is 11.8 Å². The number of hydrogen-bond donors (Lipinski definition) is 1. The number of ether oxygens (including phenoxy) is 2. The summed E-state index contributed by atoms with van der Waals surface area (Å²) < 4.78 is 10.8. The maximum Gasteiger partial charge on any atom is 0.312 e. The predicted molar refractivity (Wildman–Crippen MR) is 104 cm³/mol. The lowest BCUT2D eigenvalue weighted by molar-refractivity contribution is -0.385. The molecule has 2 aromatic rings. The Morgan fingerprint density at radius 1 is 1.21 bits per heavy atom. The Morgan fingerprint density at radius 2 is 1.96 bits per heavy atom. The molecule has 0 aliphatic carbocycles. The van der Waals surface area contributed by atoms with Crippen molar-refractivity contribution in [1.29, 1.82) is 0 Å². The number of fused-ring (bicyclic) bond motifs is 1. The molecule has 4 rings (SSSR count). The van der Waals surface area contributed by atoms with Crippen molar-refractivity contribution in [1.82, 2.24) is 5.06 Å². The van der Waals surface area contributed by atoms with E-state index in [1.807, 2.05) is 0 Å². The summed E-state index contributed by atoms with van der Waals surface area (Å²) in [4.78, 5) is 19.3. The molecule has 0 saturated heterocycles. The van der Waals surface area contributed by atoms with Gasteiger partial charge in [-0.05, 0) is 36.4 Å². The number of benzene rings is 2. The van der Waals surface area contributed by atoms with Gasteiger partial charge in [-0.3, -0.25) is 15.3 Å². The monoisotopic (exact) mass is 398 g/mol. The standard InChI is InChI=1S/C18H14N4O5S/c1-26-12-3-5-13(6-4-12)27-16-7-2-11(8-15(16)22(24)25)17-20-14-9-19-10-21(23)18(14)28-17/h2-10,18,23H,1H3. The predicted octanol–water partition coefficient (Wildman–Crippen LogP) is 3.79. The van der Waals surface area contributed by atoms with E-state index in [4.69, 9.17) is 9.47 Å². The molecule has 2 heterocycles. The third kappa shape index (κ3) is 3.42. The summed E-state index contributed by atoms with van der Waals surface area (Å²) in [6.45, 7) is 0. The summed E-state index contributed by atoms with van der Waals surface area (Å²) in [6.07, 6.45) is 2.83.